The van der Waals surface area contributed by atoms with Crippen LogP contribution >= 0.6 is 0 Å². The van der Waals surface area contributed by atoms with Crippen molar-refractivity contribution in [2.75, 3.05) is 0 Å². The Morgan fingerprint density at radius 2 is 1.90 bits per heavy atom. The van der Waals surface area contributed by atoms with Crippen LogP contribution in [0.15, 0.2) is 60.4 Å². The van der Waals surface area contributed by atoms with E-state index in [-0.39, 0.29) is 0 Å². The van der Waals surface area contributed by atoms with Crippen molar-refractivity contribution in [3.05, 3.63) is 60.4 Å². The lowest BCUT2D eigenvalue weighted by Crippen LogP contribution is -1.40. The molecule has 0 rings (SSSR count). The lowest BCUT2D eigenvalue weighted by molar-refractivity contribution is 1.95. The molecule has 0 saturated carbocycles. The first kappa shape index (κ1) is 8.34. The second kappa shape index (κ2) is 7.34. The van der Waals surface area contributed by atoms with Gasteiger partial charge in [0.05, 0.1) is 0 Å². The minimum atomic E-state index is 1.69. The summed E-state index contributed by atoms with van der Waals surface area (Å²) < 4.78 is 0. The minimum Gasteiger partial charge on any atom is -0.0991 e. The highest BCUT2D eigenvalue weighted by molar-refractivity contribution is 5.08. The molecule has 0 bridgehead atoms. The number of hydrogen-bond donors (Lipinski definition) is 0. The molecule has 0 spiro atoms. The van der Waals surface area contributed by atoms with Gasteiger partial charge in [0, 0.05) is 0 Å². The van der Waals surface area contributed by atoms with Gasteiger partial charge in [-0.2, -0.15) is 0 Å². The first-order chi connectivity index (χ1) is 4.91. The first-order valence-electron chi connectivity index (χ1n) is 2.80. The molecule has 0 saturated heterocycles. The smallest absolute Gasteiger partial charge is 0.0102 e. The molecule has 0 aromatic heterocycles. The van der Waals surface area contributed by atoms with Gasteiger partial charge in [-0.25, -0.2) is 0 Å². The third-order valence-electron chi connectivity index (χ3n) is 0.650. The molecule has 0 heteroatoms. The van der Waals surface area contributed by atoms with Gasteiger partial charge in [0.15, 0.2) is 0 Å². The molecular formula is C10H8. The van der Waals surface area contributed by atoms with Gasteiger partial charge in [-0.3, -0.25) is 0 Å². The van der Waals surface area contributed by atoms with E-state index in [9.17, 15) is 0 Å². The molecule has 0 unspecified atom stereocenters. The zero-order valence-corrected chi connectivity index (χ0v) is 5.72. The van der Waals surface area contributed by atoms with E-state index in [0.29, 0.717) is 0 Å². The second-order valence-corrected chi connectivity index (χ2v) is 1.36. The highest BCUT2D eigenvalue weighted by Gasteiger charge is 1.52. The van der Waals surface area contributed by atoms with Crippen molar-refractivity contribution in [1.82, 2.24) is 0 Å². The monoisotopic (exact) mass is 128 g/mol. The molecule has 0 fully saturated rings. The van der Waals surface area contributed by atoms with Crippen LogP contribution in [0.3, 0.4) is 0 Å². The van der Waals surface area contributed by atoms with Crippen LogP contribution in [0.4, 0.5) is 0 Å². The van der Waals surface area contributed by atoms with Crippen LogP contribution in [0.5, 0.6) is 0 Å². The standard InChI is InChI=1S/C10H8/c1-3-5-7-9-10-8-6-4-2/h3,5,7,9H,1-2H2. The second-order valence-electron chi connectivity index (χ2n) is 1.36. The summed E-state index contributed by atoms with van der Waals surface area (Å²) in [5.74, 6) is 0. The lowest BCUT2D eigenvalue weighted by Gasteiger charge is -1.61. The van der Waals surface area contributed by atoms with Crippen molar-refractivity contribution in [3.8, 4) is 0 Å². The summed E-state index contributed by atoms with van der Waals surface area (Å²) in [6.07, 6.45) is 6.98. The summed E-state index contributed by atoms with van der Waals surface area (Å²) in [5, 5.41) is 0. The van der Waals surface area contributed by atoms with Crippen LogP contribution in [-0.4, -0.2) is 0 Å². The molecule has 0 aliphatic rings. The molecule has 0 nitrogen and oxygen atoms in total. The Morgan fingerprint density at radius 1 is 1.10 bits per heavy atom. The predicted octanol–water partition coefficient (Wildman–Crippen LogP) is 2.54. The molecule has 0 N–H and O–H groups in total. The van der Waals surface area contributed by atoms with E-state index in [1.54, 1.807) is 24.3 Å². The van der Waals surface area contributed by atoms with Crippen LogP contribution in [0.1, 0.15) is 0 Å². The van der Waals surface area contributed by atoms with Gasteiger partial charge in [0.1, 0.15) is 0 Å². The number of hydrogen-bond acceptors (Lipinski definition) is 0. The molecule has 0 aromatic carbocycles. The maximum atomic E-state index is 3.50. The fourth-order valence-corrected chi connectivity index (χ4v) is 0.304. The Labute approximate surface area is 61.2 Å². The Balaban J connectivity index is 4.26. The minimum absolute atomic E-state index is 1.69. The van der Waals surface area contributed by atoms with Crippen molar-refractivity contribution in [2.45, 2.75) is 0 Å². The van der Waals surface area contributed by atoms with Gasteiger partial charge in [-0.05, 0) is 24.1 Å². The Kier molecular flexibility index (Phi) is 6.12. The lowest BCUT2D eigenvalue weighted by atomic mass is 10.5. The van der Waals surface area contributed by atoms with Gasteiger partial charge >= 0.3 is 0 Å². The van der Waals surface area contributed by atoms with Crippen molar-refractivity contribution in [2.24, 2.45) is 0 Å². The molecule has 0 aliphatic heterocycles. The zero-order valence-electron chi connectivity index (χ0n) is 5.72. The van der Waals surface area contributed by atoms with Gasteiger partial charge in [-0.15, -0.1) is 0 Å². The summed E-state index contributed by atoms with van der Waals surface area (Å²) in [6.45, 7) is 6.81. The third kappa shape index (κ3) is 6.34. The molecular weight excluding hydrogens is 120 g/mol. The molecule has 0 aromatic rings. The molecule has 0 radical (unpaired) electrons. The zero-order chi connectivity index (χ0) is 7.66. The quantitative estimate of drug-likeness (QED) is 0.396. The van der Waals surface area contributed by atoms with Crippen LogP contribution in [0.25, 0.3) is 0 Å². The van der Waals surface area contributed by atoms with E-state index in [1.807, 2.05) is 0 Å². The average Bonchev–Trinajstić information content (AvgIpc) is 1.97. The molecule has 0 aliphatic carbocycles. The Hall–Kier alpha value is -1.66. The van der Waals surface area contributed by atoms with Crippen molar-refractivity contribution < 1.29 is 0 Å². The largest absolute Gasteiger partial charge is 0.0991 e. The fourth-order valence-electron chi connectivity index (χ4n) is 0.304. The molecule has 48 valence electrons. The SMILES string of the molecule is C=C=C=C=C=CC=CC=C. The van der Waals surface area contributed by atoms with Gasteiger partial charge in [0.25, 0.3) is 0 Å². The van der Waals surface area contributed by atoms with E-state index < -0.39 is 0 Å². The highest BCUT2D eigenvalue weighted by Crippen LogP contribution is 1.72. The Morgan fingerprint density at radius 3 is 2.50 bits per heavy atom. The first-order valence-corrected chi connectivity index (χ1v) is 2.80. The van der Waals surface area contributed by atoms with E-state index in [2.05, 4.69) is 36.1 Å². The van der Waals surface area contributed by atoms with Crippen molar-refractivity contribution >= 4 is 0 Å². The molecule has 0 atom stereocenters. The Bertz CT molecular complexity index is 267. The van der Waals surface area contributed by atoms with E-state index in [4.69, 9.17) is 0 Å². The van der Waals surface area contributed by atoms with Crippen LogP contribution in [0.2, 0.25) is 0 Å². The third-order valence-corrected chi connectivity index (χ3v) is 0.650. The normalized spacial score (nSPS) is 6.80. The summed E-state index contributed by atoms with van der Waals surface area (Å²) in [4.78, 5) is 0. The van der Waals surface area contributed by atoms with Crippen LogP contribution in [0, 0.1) is 0 Å². The summed E-state index contributed by atoms with van der Waals surface area (Å²) in [5.41, 5.74) is 10.2. The van der Waals surface area contributed by atoms with E-state index in [1.165, 1.54) is 0 Å². The number of allylic oxidation sites excluding steroid dienone is 4. The van der Waals surface area contributed by atoms with Gasteiger partial charge < -0.3 is 0 Å². The average molecular weight is 128 g/mol. The summed E-state index contributed by atoms with van der Waals surface area (Å²) >= 11 is 0. The topological polar surface area (TPSA) is 0 Å². The molecule has 0 amide bonds. The predicted molar refractivity (Wildman–Crippen MR) is 43.6 cm³/mol. The van der Waals surface area contributed by atoms with Crippen LogP contribution < -0.4 is 0 Å². The molecule has 10 heavy (non-hydrogen) atoms. The van der Waals surface area contributed by atoms with Gasteiger partial charge in [-0.1, -0.05) is 36.3 Å². The van der Waals surface area contributed by atoms with E-state index >= 15 is 0 Å². The van der Waals surface area contributed by atoms with Crippen molar-refractivity contribution in [1.29, 1.82) is 0 Å². The van der Waals surface area contributed by atoms with Crippen LogP contribution in [-0.2, 0) is 0 Å². The summed E-state index contributed by atoms with van der Waals surface area (Å²) in [7, 11) is 0. The van der Waals surface area contributed by atoms with E-state index in [0.717, 1.165) is 0 Å². The molecule has 0 heterocycles. The maximum absolute atomic E-state index is 3.50. The summed E-state index contributed by atoms with van der Waals surface area (Å²) in [6, 6.07) is 0. The highest BCUT2D eigenvalue weighted by atomic mass is 13.6. The van der Waals surface area contributed by atoms with Gasteiger partial charge in [0.2, 0.25) is 0 Å². The maximum Gasteiger partial charge on any atom is -0.0102 e. The van der Waals surface area contributed by atoms with Crippen molar-refractivity contribution in [3.63, 3.8) is 0 Å². The number of rotatable bonds is 2. The fraction of sp³-hybridized carbons (Fsp3) is 0.